The van der Waals surface area contributed by atoms with E-state index in [1.54, 1.807) is 0 Å². The maximum absolute atomic E-state index is 5.73. The Morgan fingerprint density at radius 3 is 2.45 bits per heavy atom. The molecule has 0 aliphatic heterocycles. The fourth-order valence-electron chi connectivity index (χ4n) is 1.82. The van der Waals surface area contributed by atoms with Crippen molar-refractivity contribution in [3.8, 4) is 5.75 Å². The van der Waals surface area contributed by atoms with E-state index >= 15 is 0 Å². The number of hydrogen-bond donors (Lipinski definition) is 0. The molecule has 0 heterocycles. The summed E-state index contributed by atoms with van der Waals surface area (Å²) in [5, 5.41) is 0. The number of aryl methyl sites for hydroxylation is 1. The normalized spacial score (nSPS) is 9.60. The molecule has 2 rings (SSSR count). The van der Waals surface area contributed by atoms with Gasteiger partial charge in [0.15, 0.2) is 0 Å². The third-order valence-corrected chi connectivity index (χ3v) is 2.92. The van der Waals surface area contributed by atoms with Gasteiger partial charge in [0.25, 0.3) is 0 Å². The standard InChI is InChI=1S/C17H19O.BrH.Zn/c1-2-3-7-15-10-12-17(13-11-15)18-14-16-8-5-4-6-9-16;;/h4-5,8-13H,2-3,7,14H2,1H3;1H;/q-1;;+2/p-1. The molecule has 0 aromatic heterocycles. The predicted molar refractivity (Wildman–Crippen MR) is 83.6 cm³/mol. The Labute approximate surface area is 138 Å². The van der Waals surface area contributed by atoms with Gasteiger partial charge in [0, 0.05) is 0 Å². The molecule has 0 fully saturated rings. The monoisotopic (exact) mass is 382 g/mol. The van der Waals surface area contributed by atoms with Crippen LogP contribution in [0.5, 0.6) is 5.75 Å². The quantitative estimate of drug-likeness (QED) is 0.488. The minimum atomic E-state index is 0.603. The van der Waals surface area contributed by atoms with Gasteiger partial charge in [-0.1, -0.05) is 25.5 Å². The maximum atomic E-state index is 5.73. The molecule has 2 aromatic carbocycles. The second kappa shape index (κ2) is 11.1. The first kappa shape index (κ1) is 17.4. The van der Waals surface area contributed by atoms with Crippen molar-refractivity contribution in [3.05, 3.63) is 65.7 Å². The van der Waals surface area contributed by atoms with E-state index in [9.17, 15) is 0 Å². The number of unbranched alkanes of at least 4 members (excludes halogenated alkanes) is 1. The zero-order valence-electron chi connectivity index (χ0n) is 11.9. The van der Waals surface area contributed by atoms with Crippen molar-refractivity contribution >= 4 is 13.6 Å². The van der Waals surface area contributed by atoms with Crippen LogP contribution in [0.2, 0.25) is 0 Å². The van der Waals surface area contributed by atoms with Gasteiger partial charge >= 0.3 is 30.0 Å². The zero-order valence-corrected chi connectivity index (χ0v) is 16.5. The summed E-state index contributed by atoms with van der Waals surface area (Å²) in [5.41, 5.74) is 2.53. The third kappa shape index (κ3) is 6.68. The molecule has 20 heavy (non-hydrogen) atoms. The average molecular weight is 385 g/mol. The Morgan fingerprint density at radius 1 is 1.10 bits per heavy atom. The van der Waals surface area contributed by atoms with Crippen molar-refractivity contribution in [1.82, 2.24) is 0 Å². The van der Waals surface area contributed by atoms with Crippen LogP contribution in [0.4, 0.5) is 0 Å². The van der Waals surface area contributed by atoms with Gasteiger partial charge < -0.3 is 4.74 Å². The van der Waals surface area contributed by atoms with E-state index in [1.165, 1.54) is 34.7 Å². The molecule has 0 aliphatic carbocycles. The SMILES string of the molecule is CCCCc1ccc(OCc2c[c-]ccc2)cc1.[Zn+][Br]. The molecule has 0 aliphatic rings. The minimum absolute atomic E-state index is 0.603. The molecule has 1 nitrogen and oxygen atoms in total. The van der Waals surface area contributed by atoms with Gasteiger partial charge in [-0.25, -0.2) is 0 Å². The van der Waals surface area contributed by atoms with Crippen molar-refractivity contribution in [3.63, 3.8) is 0 Å². The molecule has 102 valence electrons. The molecular formula is C17H19BrOZn. The first-order valence-corrected chi connectivity index (χ1v) is 13.8. The van der Waals surface area contributed by atoms with Gasteiger partial charge in [-0.2, -0.15) is 30.3 Å². The Bertz CT molecular complexity index is 456. The fraction of sp³-hybridized carbons (Fsp3) is 0.294. The van der Waals surface area contributed by atoms with Gasteiger partial charge in [0.1, 0.15) is 5.75 Å². The summed E-state index contributed by atoms with van der Waals surface area (Å²) in [6.07, 6.45) is 3.65. The van der Waals surface area contributed by atoms with E-state index in [4.69, 9.17) is 4.74 Å². The number of halogens is 1. The third-order valence-electron chi connectivity index (χ3n) is 2.92. The van der Waals surface area contributed by atoms with E-state index in [0.717, 1.165) is 17.7 Å². The summed E-state index contributed by atoms with van der Waals surface area (Å²) >= 11 is 4.25. The molecule has 0 spiro atoms. The first-order valence-electron chi connectivity index (χ1n) is 6.82. The molecule has 0 bridgehead atoms. The molecular weight excluding hydrogens is 365 g/mol. The molecule has 0 saturated heterocycles. The van der Waals surface area contributed by atoms with Gasteiger partial charge in [-0.05, 0) is 30.5 Å². The summed E-state index contributed by atoms with van der Waals surface area (Å²) in [6, 6.07) is 19.3. The topological polar surface area (TPSA) is 9.23 Å². The van der Waals surface area contributed by atoms with E-state index in [-0.39, 0.29) is 0 Å². The number of benzene rings is 2. The van der Waals surface area contributed by atoms with Crippen LogP contribution in [-0.2, 0) is 29.4 Å². The van der Waals surface area contributed by atoms with Crippen LogP contribution in [0.1, 0.15) is 30.9 Å². The molecule has 0 amide bonds. The van der Waals surface area contributed by atoms with E-state index in [0.29, 0.717) is 6.61 Å². The van der Waals surface area contributed by atoms with Gasteiger partial charge in [0.05, 0.1) is 6.61 Å². The predicted octanol–water partition coefficient (Wildman–Crippen LogP) is 5.25. The van der Waals surface area contributed by atoms with Crippen LogP contribution < -0.4 is 4.74 Å². The Hall–Kier alpha value is -0.657. The average Bonchev–Trinajstić information content (AvgIpc) is 2.55. The van der Waals surface area contributed by atoms with Crippen molar-refractivity contribution in [2.75, 3.05) is 0 Å². The van der Waals surface area contributed by atoms with Crippen LogP contribution >= 0.6 is 13.6 Å². The van der Waals surface area contributed by atoms with E-state index in [1.807, 2.05) is 24.3 Å². The van der Waals surface area contributed by atoms with Crippen LogP contribution in [-0.4, -0.2) is 0 Å². The molecule has 0 atom stereocenters. The number of ether oxygens (including phenoxy) is 1. The molecule has 3 heteroatoms. The summed E-state index contributed by atoms with van der Waals surface area (Å²) in [6.45, 7) is 2.82. The summed E-state index contributed by atoms with van der Waals surface area (Å²) < 4.78 is 5.73. The zero-order chi connectivity index (χ0) is 14.6. The molecule has 0 saturated carbocycles. The molecule has 2 aromatic rings. The van der Waals surface area contributed by atoms with Crippen molar-refractivity contribution in [2.45, 2.75) is 32.8 Å². The van der Waals surface area contributed by atoms with Gasteiger partial charge in [0.2, 0.25) is 0 Å². The Morgan fingerprint density at radius 2 is 1.85 bits per heavy atom. The van der Waals surface area contributed by atoms with Crippen molar-refractivity contribution in [2.24, 2.45) is 0 Å². The Balaban J connectivity index is 0.000000956. The van der Waals surface area contributed by atoms with Crippen molar-refractivity contribution in [1.29, 1.82) is 0 Å². The van der Waals surface area contributed by atoms with E-state index < -0.39 is 0 Å². The van der Waals surface area contributed by atoms with Crippen LogP contribution in [0.3, 0.4) is 0 Å². The van der Waals surface area contributed by atoms with Gasteiger partial charge in [-0.3, -0.25) is 0 Å². The molecule has 0 radical (unpaired) electrons. The second-order valence-corrected chi connectivity index (χ2v) is 4.45. The molecule has 0 N–H and O–H groups in total. The van der Waals surface area contributed by atoms with Crippen molar-refractivity contribution < 1.29 is 21.1 Å². The summed E-state index contributed by atoms with van der Waals surface area (Å²) in [5.74, 6) is 0.930. The van der Waals surface area contributed by atoms with Crippen LogP contribution in [0.25, 0.3) is 0 Å². The first-order chi connectivity index (χ1) is 9.88. The Kier molecular flexibility index (Phi) is 9.61. The van der Waals surface area contributed by atoms with Gasteiger partial charge in [-0.15, -0.1) is 5.56 Å². The van der Waals surface area contributed by atoms with E-state index in [2.05, 4.69) is 50.9 Å². The second-order valence-electron chi connectivity index (χ2n) is 4.45. The molecule has 0 unspecified atom stereocenters. The van der Waals surface area contributed by atoms with Crippen LogP contribution in [0, 0.1) is 6.07 Å². The summed E-state index contributed by atoms with van der Waals surface area (Å²) in [4.78, 5) is 0. The number of rotatable bonds is 6. The fourth-order valence-corrected chi connectivity index (χ4v) is 1.82. The van der Waals surface area contributed by atoms with Crippen LogP contribution in [0.15, 0.2) is 48.5 Å². The summed E-state index contributed by atoms with van der Waals surface area (Å²) in [7, 11) is 0. The number of hydrogen-bond acceptors (Lipinski definition) is 1.